The van der Waals surface area contributed by atoms with Crippen LogP contribution in [0, 0.1) is 11.7 Å². The van der Waals surface area contributed by atoms with Gasteiger partial charge in [0.25, 0.3) is 0 Å². The topological polar surface area (TPSA) is 74.7 Å². The molecule has 0 saturated heterocycles. The Hall–Kier alpha value is -1.47. The quantitative estimate of drug-likeness (QED) is 0.905. The monoisotopic (exact) mass is 315 g/mol. The van der Waals surface area contributed by atoms with E-state index in [9.17, 15) is 17.6 Å². The first-order valence-corrected chi connectivity index (χ1v) is 8.25. The minimum Gasteiger partial charge on any atom is -0.478 e. The molecule has 7 heteroatoms. The number of carboxylic acid groups (broad SMARTS) is 1. The second-order valence-corrected chi connectivity index (χ2v) is 7.40. The van der Waals surface area contributed by atoms with Crippen LogP contribution in [0.1, 0.15) is 36.0 Å². The summed E-state index contributed by atoms with van der Waals surface area (Å²) in [6.45, 7) is 0.332. The molecule has 1 fully saturated rings. The van der Waals surface area contributed by atoms with E-state index in [0.717, 1.165) is 48.2 Å². The predicted molar refractivity (Wildman–Crippen MR) is 75.1 cm³/mol. The first kappa shape index (κ1) is 15.9. The number of aromatic carboxylic acids is 1. The Morgan fingerprint density at radius 2 is 2.00 bits per heavy atom. The van der Waals surface area contributed by atoms with Crippen molar-refractivity contribution in [2.45, 2.75) is 30.6 Å². The van der Waals surface area contributed by atoms with Gasteiger partial charge in [-0.2, -0.15) is 0 Å². The molecule has 2 rings (SSSR count). The maximum Gasteiger partial charge on any atom is 0.335 e. The van der Waals surface area contributed by atoms with E-state index >= 15 is 0 Å². The molecule has 1 N–H and O–H groups in total. The van der Waals surface area contributed by atoms with E-state index in [0.29, 0.717) is 6.54 Å². The minimum absolute atomic E-state index is 0.246. The average molecular weight is 315 g/mol. The zero-order valence-corrected chi connectivity index (χ0v) is 12.6. The number of benzene rings is 1. The molecule has 0 spiro atoms. The van der Waals surface area contributed by atoms with Crippen molar-refractivity contribution in [1.29, 1.82) is 0 Å². The maximum absolute atomic E-state index is 13.8. The number of rotatable bonds is 5. The molecule has 0 unspecified atom stereocenters. The Kier molecular flexibility index (Phi) is 4.63. The molecular weight excluding hydrogens is 297 g/mol. The summed E-state index contributed by atoms with van der Waals surface area (Å²) in [5, 5.41) is 8.90. The van der Waals surface area contributed by atoms with Crippen molar-refractivity contribution in [2.24, 2.45) is 5.92 Å². The van der Waals surface area contributed by atoms with Crippen molar-refractivity contribution >= 4 is 16.0 Å². The lowest BCUT2D eigenvalue weighted by atomic mass is 10.1. The molecule has 0 aliphatic heterocycles. The molecule has 0 radical (unpaired) electrons. The van der Waals surface area contributed by atoms with Gasteiger partial charge in [-0.3, -0.25) is 0 Å². The second kappa shape index (κ2) is 6.11. The molecule has 0 aromatic heterocycles. The molecule has 0 amide bonds. The lowest BCUT2D eigenvalue weighted by Gasteiger charge is -2.21. The molecule has 116 valence electrons. The van der Waals surface area contributed by atoms with Crippen molar-refractivity contribution in [3.63, 3.8) is 0 Å². The van der Waals surface area contributed by atoms with Crippen LogP contribution < -0.4 is 0 Å². The number of hydrogen-bond donors (Lipinski definition) is 1. The van der Waals surface area contributed by atoms with E-state index in [-0.39, 0.29) is 11.5 Å². The summed E-state index contributed by atoms with van der Waals surface area (Å²) < 4.78 is 39.7. The van der Waals surface area contributed by atoms with Crippen molar-refractivity contribution in [1.82, 2.24) is 4.31 Å². The van der Waals surface area contributed by atoms with Gasteiger partial charge in [0.1, 0.15) is 10.7 Å². The third-order valence-electron chi connectivity index (χ3n) is 3.86. The molecule has 1 aliphatic rings. The molecule has 0 bridgehead atoms. The number of carbonyl (C=O) groups is 1. The molecule has 5 nitrogen and oxygen atoms in total. The minimum atomic E-state index is -4.02. The maximum atomic E-state index is 13.8. The summed E-state index contributed by atoms with van der Waals surface area (Å²) in [5.41, 5.74) is -0.246. The van der Waals surface area contributed by atoms with E-state index < -0.39 is 26.7 Å². The number of halogens is 1. The van der Waals surface area contributed by atoms with Gasteiger partial charge in [0.2, 0.25) is 10.0 Å². The summed E-state index contributed by atoms with van der Waals surface area (Å²) in [6.07, 6.45) is 4.11. The summed E-state index contributed by atoms with van der Waals surface area (Å²) in [4.78, 5) is 10.3. The van der Waals surface area contributed by atoms with Gasteiger partial charge < -0.3 is 5.11 Å². The zero-order chi connectivity index (χ0) is 15.6. The Balaban J connectivity index is 2.29. The van der Waals surface area contributed by atoms with Crippen LogP contribution in [0.5, 0.6) is 0 Å². The van der Waals surface area contributed by atoms with Crippen LogP contribution in [0.25, 0.3) is 0 Å². The third-order valence-corrected chi connectivity index (χ3v) is 5.69. The fourth-order valence-electron chi connectivity index (χ4n) is 2.66. The van der Waals surface area contributed by atoms with Gasteiger partial charge in [-0.15, -0.1) is 0 Å². The highest BCUT2D eigenvalue weighted by molar-refractivity contribution is 7.89. The largest absolute Gasteiger partial charge is 0.478 e. The lowest BCUT2D eigenvalue weighted by Crippen LogP contribution is -2.32. The first-order chi connectivity index (χ1) is 9.82. The van der Waals surface area contributed by atoms with Crippen molar-refractivity contribution in [2.75, 3.05) is 13.6 Å². The molecule has 0 heterocycles. The van der Waals surface area contributed by atoms with Gasteiger partial charge in [0, 0.05) is 13.6 Å². The fourth-order valence-corrected chi connectivity index (χ4v) is 3.99. The van der Waals surface area contributed by atoms with Crippen molar-refractivity contribution < 1.29 is 22.7 Å². The van der Waals surface area contributed by atoms with Crippen LogP contribution in [0.3, 0.4) is 0 Å². The average Bonchev–Trinajstić information content (AvgIpc) is 2.91. The molecule has 1 saturated carbocycles. The Bertz CT molecular complexity index is 638. The summed E-state index contributed by atoms with van der Waals surface area (Å²) >= 11 is 0. The molecule has 1 aromatic rings. The SMILES string of the molecule is CN(CC1CCCC1)S(=O)(=O)c1cc(C(=O)O)ccc1F. The van der Waals surface area contributed by atoms with Crippen LogP contribution in [0.15, 0.2) is 23.1 Å². The first-order valence-electron chi connectivity index (χ1n) is 6.81. The molecule has 0 atom stereocenters. The summed E-state index contributed by atoms with van der Waals surface area (Å²) in [7, 11) is -2.61. The summed E-state index contributed by atoms with van der Waals surface area (Å²) in [6, 6.07) is 2.80. The Morgan fingerprint density at radius 3 is 2.57 bits per heavy atom. The van der Waals surface area contributed by atoms with E-state index in [1.54, 1.807) is 0 Å². The van der Waals surface area contributed by atoms with Gasteiger partial charge in [-0.1, -0.05) is 12.8 Å². The second-order valence-electron chi connectivity index (χ2n) is 5.39. The van der Waals surface area contributed by atoms with Crippen LogP contribution >= 0.6 is 0 Å². The van der Waals surface area contributed by atoms with Gasteiger partial charge in [-0.25, -0.2) is 21.9 Å². The van der Waals surface area contributed by atoms with Crippen LogP contribution in [0.2, 0.25) is 0 Å². The number of hydrogen-bond acceptors (Lipinski definition) is 3. The third kappa shape index (κ3) is 3.41. The van der Waals surface area contributed by atoms with Gasteiger partial charge in [0.15, 0.2) is 0 Å². The number of carboxylic acids is 1. The molecule has 1 aliphatic carbocycles. The van der Waals surface area contributed by atoms with E-state index in [2.05, 4.69) is 0 Å². The Morgan fingerprint density at radius 1 is 1.38 bits per heavy atom. The fraction of sp³-hybridized carbons (Fsp3) is 0.500. The normalized spacial score (nSPS) is 16.5. The van der Waals surface area contributed by atoms with Crippen molar-refractivity contribution in [3.05, 3.63) is 29.6 Å². The number of sulfonamides is 1. The lowest BCUT2D eigenvalue weighted by molar-refractivity contribution is 0.0696. The van der Waals surface area contributed by atoms with Crippen LogP contribution in [0.4, 0.5) is 4.39 Å². The van der Waals surface area contributed by atoms with Gasteiger partial charge >= 0.3 is 5.97 Å². The van der Waals surface area contributed by atoms with Crippen LogP contribution in [-0.2, 0) is 10.0 Å². The zero-order valence-electron chi connectivity index (χ0n) is 11.8. The highest BCUT2D eigenvalue weighted by atomic mass is 32.2. The highest BCUT2D eigenvalue weighted by Gasteiger charge is 2.28. The van der Waals surface area contributed by atoms with E-state index in [1.165, 1.54) is 7.05 Å². The van der Waals surface area contributed by atoms with E-state index in [1.807, 2.05) is 0 Å². The number of nitrogens with zero attached hydrogens (tertiary/aromatic N) is 1. The molecular formula is C14H18FNO4S. The van der Waals surface area contributed by atoms with E-state index in [4.69, 9.17) is 5.11 Å². The Labute approximate surface area is 123 Å². The molecule has 1 aromatic carbocycles. The van der Waals surface area contributed by atoms with Crippen LogP contribution in [-0.4, -0.2) is 37.4 Å². The highest BCUT2D eigenvalue weighted by Crippen LogP contribution is 2.27. The van der Waals surface area contributed by atoms with Gasteiger partial charge in [0.05, 0.1) is 5.56 Å². The predicted octanol–water partition coefficient (Wildman–Crippen LogP) is 2.33. The summed E-state index contributed by atoms with van der Waals surface area (Å²) in [5.74, 6) is -1.93. The van der Waals surface area contributed by atoms with Gasteiger partial charge in [-0.05, 0) is 37.0 Å². The molecule has 21 heavy (non-hydrogen) atoms. The standard InChI is InChI=1S/C14H18FNO4S/c1-16(9-10-4-2-3-5-10)21(19,20)13-8-11(14(17)18)6-7-12(13)15/h6-8,10H,2-5,9H2,1H3,(H,17,18). The smallest absolute Gasteiger partial charge is 0.335 e. The van der Waals surface area contributed by atoms with Crippen molar-refractivity contribution in [3.8, 4) is 0 Å².